The molecule has 0 atom stereocenters. The second-order valence-corrected chi connectivity index (χ2v) is 6.67. The molecule has 9 heteroatoms. The molecule has 0 spiro atoms. The summed E-state index contributed by atoms with van der Waals surface area (Å²) in [5, 5.41) is 14.8. The van der Waals surface area contributed by atoms with Gasteiger partial charge in [0, 0.05) is 22.8 Å². The van der Waals surface area contributed by atoms with Crippen molar-refractivity contribution in [3.05, 3.63) is 87.3 Å². The minimum atomic E-state index is -0.720. The van der Waals surface area contributed by atoms with Crippen molar-refractivity contribution in [1.29, 1.82) is 0 Å². The van der Waals surface area contributed by atoms with Gasteiger partial charge in [0.25, 0.3) is 5.91 Å². The van der Waals surface area contributed by atoms with Crippen molar-refractivity contribution in [2.45, 2.75) is 6.92 Å². The van der Waals surface area contributed by atoms with Crippen LogP contribution in [0.25, 0.3) is 16.9 Å². The summed E-state index contributed by atoms with van der Waals surface area (Å²) in [5.74, 6) is -0.646. The zero-order chi connectivity index (χ0) is 20.4. The molecule has 0 aliphatic rings. The molecule has 0 unspecified atom stereocenters. The number of carbonyl (C=O) groups excluding carboxylic acids is 1. The molecule has 0 aliphatic carbocycles. The highest BCUT2D eigenvalue weighted by Crippen LogP contribution is 2.25. The number of aryl methyl sites for hydroxylation is 1. The SMILES string of the molecule is Cc1cccc(-n2ccc(=O)c(C(=O)Nc3nonc3-c3ccc(Cl)cc3)n2)c1. The van der Waals surface area contributed by atoms with Crippen LogP contribution >= 0.6 is 11.6 Å². The predicted molar refractivity (Wildman–Crippen MR) is 107 cm³/mol. The van der Waals surface area contributed by atoms with E-state index in [1.54, 1.807) is 24.3 Å². The quantitative estimate of drug-likeness (QED) is 0.555. The summed E-state index contributed by atoms with van der Waals surface area (Å²) in [4.78, 5) is 24.9. The Kier molecular flexibility index (Phi) is 4.92. The fraction of sp³-hybridized carbons (Fsp3) is 0.0500. The standard InChI is InChI=1S/C20H14ClN5O3/c1-12-3-2-4-15(11-12)26-10-9-16(27)18(23-26)20(28)22-19-17(24-29-25-19)13-5-7-14(21)8-6-13/h2-11H,1H3,(H,22,25,28). The Balaban J connectivity index is 1.65. The number of halogens is 1. The Hall–Kier alpha value is -3.78. The molecule has 0 radical (unpaired) electrons. The minimum Gasteiger partial charge on any atom is -0.300 e. The van der Waals surface area contributed by atoms with E-state index in [4.69, 9.17) is 16.2 Å². The number of carbonyl (C=O) groups is 1. The molecule has 0 saturated heterocycles. The molecule has 2 heterocycles. The van der Waals surface area contributed by atoms with Crippen LogP contribution in [0.15, 0.2) is 70.2 Å². The number of nitrogens with zero attached hydrogens (tertiary/aromatic N) is 4. The highest BCUT2D eigenvalue weighted by Gasteiger charge is 2.19. The Morgan fingerprint density at radius 1 is 1.10 bits per heavy atom. The number of amides is 1. The van der Waals surface area contributed by atoms with Gasteiger partial charge < -0.3 is 5.32 Å². The van der Waals surface area contributed by atoms with Crippen LogP contribution in [0.5, 0.6) is 0 Å². The van der Waals surface area contributed by atoms with Gasteiger partial charge in [-0.15, -0.1) is 0 Å². The van der Waals surface area contributed by atoms with Crippen molar-refractivity contribution in [2.75, 3.05) is 5.32 Å². The van der Waals surface area contributed by atoms with Gasteiger partial charge in [-0.25, -0.2) is 9.31 Å². The number of hydrogen-bond donors (Lipinski definition) is 1. The zero-order valence-electron chi connectivity index (χ0n) is 15.2. The number of anilines is 1. The van der Waals surface area contributed by atoms with Crippen molar-refractivity contribution in [3.63, 3.8) is 0 Å². The minimum absolute atomic E-state index is 0.0736. The Bertz CT molecular complexity index is 1250. The zero-order valence-corrected chi connectivity index (χ0v) is 15.9. The molecular weight excluding hydrogens is 394 g/mol. The first-order valence-electron chi connectivity index (χ1n) is 8.58. The predicted octanol–water partition coefficient (Wildman–Crippen LogP) is 3.50. The summed E-state index contributed by atoms with van der Waals surface area (Å²) in [6, 6.07) is 15.6. The first-order chi connectivity index (χ1) is 14.0. The lowest BCUT2D eigenvalue weighted by Gasteiger charge is -2.08. The van der Waals surface area contributed by atoms with Gasteiger partial charge in [-0.2, -0.15) is 5.10 Å². The third-order valence-electron chi connectivity index (χ3n) is 4.13. The number of nitrogens with one attached hydrogen (secondary N) is 1. The molecule has 2 aromatic heterocycles. The fourth-order valence-corrected chi connectivity index (χ4v) is 2.84. The smallest absolute Gasteiger partial charge is 0.281 e. The number of rotatable bonds is 4. The van der Waals surface area contributed by atoms with E-state index in [1.165, 1.54) is 16.9 Å². The molecule has 29 heavy (non-hydrogen) atoms. The largest absolute Gasteiger partial charge is 0.300 e. The second kappa shape index (κ2) is 7.69. The number of benzene rings is 2. The van der Waals surface area contributed by atoms with Crippen LogP contribution in [0.2, 0.25) is 5.02 Å². The van der Waals surface area contributed by atoms with Crippen molar-refractivity contribution < 1.29 is 9.42 Å². The molecule has 0 bridgehead atoms. The van der Waals surface area contributed by atoms with E-state index < -0.39 is 11.3 Å². The van der Waals surface area contributed by atoms with Gasteiger partial charge in [-0.1, -0.05) is 35.9 Å². The average molecular weight is 408 g/mol. The second-order valence-electron chi connectivity index (χ2n) is 6.23. The van der Waals surface area contributed by atoms with Crippen molar-refractivity contribution >= 4 is 23.3 Å². The van der Waals surface area contributed by atoms with Gasteiger partial charge >= 0.3 is 0 Å². The normalized spacial score (nSPS) is 10.7. The van der Waals surface area contributed by atoms with Gasteiger partial charge in [0.15, 0.2) is 11.4 Å². The topological polar surface area (TPSA) is 103 Å². The number of aromatic nitrogens is 4. The van der Waals surface area contributed by atoms with Gasteiger partial charge in [0.1, 0.15) is 0 Å². The lowest BCUT2D eigenvalue weighted by Crippen LogP contribution is -2.25. The third-order valence-corrected chi connectivity index (χ3v) is 4.38. The maximum atomic E-state index is 12.7. The first-order valence-corrected chi connectivity index (χ1v) is 8.96. The van der Waals surface area contributed by atoms with E-state index in [0.717, 1.165) is 11.3 Å². The van der Waals surface area contributed by atoms with Crippen molar-refractivity contribution in [3.8, 4) is 16.9 Å². The molecule has 8 nitrogen and oxygen atoms in total. The van der Waals surface area contributed by atoms with E-state index in [2.05, 4.69) is 20.7 Å². The molecule has 0 fully saturated rings. The van der Waals surface area contributed by atoms with Gasteiger partial charge in [0.2, 0.25) is 11.2 Å². The molecular formula is C20H14ClN5O3. The Morgan fingerprint density at radius 2 is 1.90 bits per heavy atom. The highest BCUT2D eigenvalue weighted by molar-refractivity contribution is 6.30. The molecule has 144 valence electrons. The van der Waals surface area contributed by atoms with Gasteiger partial charge in [-0.3, -0.25) is 9.59 Å². The van der Waals surface area contributed by atoms with Crippen LogP contribution in [-0.2, 0) is 0 Å². The number of hydrogen-bond acceptors (Lipinski definition) is 6. The summed E-state index contributed by atoms with van der Waals surface area (Å²) in [5.41, 5.74) is 1.91. The van der Waals surface area contributed by atoms with Crippen LogP contribution in [0, 0.1) is 6.92 Å². The highest BCUT2D eigenvalue weighted by atomic mass is 35.5. The summed E-state index contributed by atoms with van der Waals surface area (Å²) >= 11 is 5.90. The van der Waals surface area contributed by atoms with E-state index in [9.17, 15) is 9.59 Å². The van der Waals surface area contributed by atoms with Crippen LogP contribution < -0.4 is 10.7 Å². The van der Waals surface area contributed by atoms with Crippen molar-refractivity contribution in [1.82, 2.24) is 20.1 Å². The van der Waals surface area contributed by atoms with Crippen molar-refractivity contribution in [2.24, 2.45) is 0 Å². The molecule has 1 N–H and O–H groups in total. The summed E-state index contributed by atoms with van der Waals surface area (Å²) in [7, 11) is 0. The third kappa shape index (κ3) is 3.92. The molecule has 1 amide bonds. The lowest BCUT2D eigenvalue weighted by molar-refractivity contribution is 0.101. The van der Waals surface area contributed by atoms with E-state index >= 15 is 0 Å². The maximum absolute atomic E-state index is 12.7. The molecule has 0 aliphatic heterocycles. The first kappa shape index (κ1) is 18.6. The monoisotopic (exact) mass is 407 g/mol. The van der Waals surface area contributed by atoms with Crippen LogP contribution in [0.1, 0.15) is 16.1 Å². The van der Waals surface area contributed by atoms with Crippen LogP contribution in [0.4, 0.5) is 5.82 Å². The van der Waals surface area contributed by atoms with E-state index in [1.807, 2.05) is 31.2 Å². The summed E-state index contributed by atoms with van der Waals surface area (Å²) in [6.07, 6.45) is 1.50. The average Bonchev–Trinajstić information content (AvgIpc) is 3.17. The molecule has 2 aromatic carbocycles. The maximum Gasteiger partial charge on any atom is 0.281 e. The summed E-state index contributed by atoms with van der Waals surface area (Å²) in [6.45, 7) is 1.94. The molecule has 4 rings (SSSR count). The molecule has 0 saturated carbocycles. The van der Waals surface area contributed by atoms with E-state index in [0.29, 0.717) is 16.3 Å². The van der Waals surface area contributed by atoms with Gasteiger partial charge in [0.05, 0.1) is 5.69 Å². The molecule has 4 aromatic rings. The summed E-state index contributed by atoms with van der Waals surface area (Å²) < 4.78 is 6.21. The Morgan fingerprint density at radius 3 is 2.66 bits per heavy atom. The van der Waals surface area contributed by atoms with Crippen LogP contribution in [-0.4, -0.2) is 26.0 Å². The lowest BCUT2D eigenvalue weighted by atomic mass is 10.1. The Labute approximate surface area is 169 Å². The van der Waals surface area contributed by atoms with E-state index in [-0.39, 0.29) is 11.5 Å². The van der Waals surface area contributed by atoms with Gasteiger partial charge in [-0.05, 0) is 47.1 Å². The fourth-order valence-electron chi connectivity index (χ4n) is 2.71. The van der Waals surface area contributed by atoms with Crippen LogP contribution in [0.3, 0.4) is 0 Å².